The number of rotatable bonds is 7. The van der Waals surface area contributed by atoms with Gasteiger partial charge in [0.15, 0.2) is 6.10 Å². The van der Waals surface area contributed by atoms with E-state index in [0.29, 0.717) is 10.6 Å². The zero-order chi connectivity index (χ0) is 20.0. The number of nitro benzene ring substituents is 1. The van der Waals surface area contributed by atoms with E-state index < -0.39 is 35.2 Å². The molecule has 9 heteroatoms. The molecule has 0 heterocycles. The van der Waals surface area contributed by atoms with Crippen LogP contribution in [0.3, 0.4) is 0 Å². The second kappa shape index (κ2) is 8.91. The molecule has 0 spiro atoms. The highest BCUT2D eigenvalue weighted by molar-refractivity contribution is 6.30. The molecule has 0 saturated heterocycles. The molecule has 8 nitrogen and oxygen atoms in total. The number of carbonyl (C=O) groups excluding carboxylic acids is 3. The number of nitro groups is 1. The number of hydrogen-bond acceptors (Lipinski definition) is 6. The molecule has 2 aromatic carbocycles. The highest BCUT2D eigenvalue weighted by Crippen LogP contribution is 2.14. The predicted molar refractivity (Wildman–Crippen MR) is 96.8 cm³/mol. The number of benzene rings is 2. The van der Waals surface area contributed by atoms with Crippen molar-refractivity contribution in [3.63, 3.8) is 0 Å². The monoisotopic (exact) mass is 390 g/mol. The fraction of sp³-hybridized carbons (Fsp3) is 0.167. The van der Waals surface area contributed by atoms with Gasteiger partial charge in [0.25, 0.3) is 11.6 Å². The molecular weight excluding hydrogens is 376 g/mol. The smallest absolute Gasteiger partial charge is 0.326 e. The van der Waals surface area contributed by atoms with E-state index in [-0.39, 0.29) is 11.3 Å². The molecule has 0 aliphatic rings. The van der Waals surface area contributed by atoms with Gasteiger partial charge in [-0.25, -0.2) is 0 Å². The summed E-state index contributed by atoms with van der Waals surface area (Å²) in [6.07, 6.45) is -1.05. The minimum Gasteiger partial charge on any atom is -0.453 e. The van der Waals surface area contributed by atoms with Crippen molar-refractivity contribution in [2.75, 3.05) is 6.54 Å². The summed E-state index contributed by atoms with van der Waals surface area (Å²) >= 11 is 5.75. The molecule has 0 aromatic heterocycles. The average molecular weight is 391 g/mol. The van der Waals surface area contributed by atoms with Crippen LogP contribution in [0.15, 0.2) is 48.5 Å². The van der Waals surface area contributed by atoms with Gasteiger partial charge in [-0.2, -0.15) is 0 Å². The average Bonchev–Trinajstić information content (AvgIpc) is 2.66. The molecule has 1 atom stereocenters. The SMILES string of the molecule is C[C@@H](OC(=O)CNC(=O)c1cccc([N+](=O)[O-])c1)C(=O)c1ccc(Cl)cc1. The molecule has 0 saturated carbocycles. The minimum atomic E-state index is -1.05. The van der Waals surface area contributed by atoms with E-state index in [1.165, 1.54) is 37.3 Å². The van der Waals surface area contributed by atoms with Crippen LogP contribution < -0.4 is 5.32 Å². The Balaban J connectivity index is 1.89. The maximum Gasteiger partial charge on any atom is 0.326 e. The highest BCUT2D eigenvalue weighted by Gasteiger charge is 2.20. The molecule has 0 bridgehead atoms. The number of carbonyl (C=O) groups is 3. The number of esters is 1. The summed E-state index contributed by atoms with van der Waals surface area (Å²) in [5.74, 6) is -1.90. The van der Waals surface area contributed by atoms with Gasteiger partial charge in [-0.05, 0) is 37.3 Å². The first kappa shape index (κ1) is 20.1. The second-order valence-corrected chi connectivity index (χ2v) is 5.93. The number of nitrogens with zero attached hydrogens (tertiary/aromatic N) is 1. The van der Waals surface area contributed by atoms with Crippen molar-refractivity contribution in [3.05, 3.63) is 74.8 Å². The van der Waals surface area contributed by atoms with Crippen LogP contribution in [-0.2, 0) is 9.53 Å². The van der Waals surface area contributed by atoms with Crippen molar-refractivity contribution < 1.29 is 24.0 Å². The zero-order valence-electron chi connectivity index (χ0n) is 14.2. The Hall–Kier alpha value is -3.26. The Morgan fingerprint density at radius 1 is 1.15 bits per heavy atom. The maximum absolute atomic E-state index is 12.2. The lowest BCUT2D eigenvalue weighted by atomic mass is 10.1. The number of Topliss-reactive ketones (excluding diaryl/α,β-unsaturated/α-hetero) is 1. The van der Waals surface area contributed by atoms with Crippen LogP contribution in [0.5, 0.6) is 0 Å². The van der Waals surface area contributed by atoms with Crippen molar-refractivity contribution in [3.8, 4) is 0 Å². The van der Waals surface area contributed by atoms with Crippen molar-refractivity contribution in [2.45, 2.75) is 13.0 Å². The molecule has 0 aliphatic carbocycles. The van der Waals surface area contributed by atoms with Crippen molar-refractivity contribution >= 4 is 34.9 Å². The standard InChI is InChI=1S/C18H15ClN2O6/c1-11(17(23)12-5-7-14(19)8-6-12)27-16(22)10-20-18(24)13-3-2-4-15(9-13)21(25)26/h2-9,11H,10H2,1H3,(H,20,24)/t11-/m1/s1. The molecule has 2 rings (SSSR count). The van der Waals surface area contributed by atoms with Crippen LogP contribution in [0.1, 0.15) is 27.6 Å². The molecule has 140 valence electrons. The number of hydrogen-bond donors (Lipinski definition) is 1. The van der Waals surface area contributed by atoms with Crippen molar-refractivity contribution in [2.24, 2.45) is 0 Å². The molecule has 1 amide bonds. The Kier molecular flexibility index (Phi) is 6.62. The topological polar surface area (TPSA) is 116 Å². The van der Waals surface area contributed by atoms with Crippen LogP contribution in [0.4, 0.5) is 5.69 Å². The Bertz CT molecular complexity index is 882. The summed E-state index contributed by atoms with van der Waals surface area (Å²) in [7, 11) is 0. The van der Waals surface area contributed by atoms with Gasteiger partial charge in [0, 0.05) is 28.3 Å². The molecule has 0 radical (unpaired) electrons. The van der Waals surface area contributed by atoms with Crippen LogP contribution in [0.25, 0.3) is 0 Å². The second-order valence-electron chi connectivity index (χ2n) is 5.49. The van der Waals surface area contributed by atoms with Gasteiger partial charge in [0.1, 0.15) is 6.54 Å². The lowest BCUT2D eigenvalue weighted by molar-refractivity contribution is -0.384. The molecular formula is C18H15ClN2O6. The molecule has 0 aliphatic heterocycles. The number of non-ortho nitro benzene ring substituents is 1. The van der Waals surface area contributed by atoms with Crippen LogP contribution in [0, 0.1) is 10.1 Å². The molecule has 0 unspecified atom stereocenters. The van der Waals surface area contributed by atoms with E-state index in [1.807, 2.05) is 0 Å². The van der Waals surface area contributed by atoms with E-state index >= 15 is 0 Å². The zero-order valence-corrected chi connectivity index (χ0v) is 14.9. The summed E-state index contributed by atoms with van der Waals surface area (Å²) in [5.41, 5.74) is 0.120. The highest BCUT2D eigenvalue weighted by atomic mass is 35.5. The van der Waals surface area contributed by atoms with E-state index in [2.05, 4.69) is 5.32 Å². The van der Waals surface area contributed by atoms with Gasteiger partial charge in [0.2, 0.25) is 5.78 Å². The molecule has 27 heavy (non-hydrogen) atoms. The van der Waals surface area contributed by atoms with Crippen molar-refractivity contribution in [1.29, 1.82) is 0 Å². The Labute approximate surface area is 159 Å². The lowest BCUT2D eigenvalue weighted by Crippen LogP contribution is -2.34. The lowest BCUT2D eigenvalue weighted by Gasteiger charge is -2.13. The van der Waals surface area contributed by atoms with E-state index in [1.54, 1.807) is 12.1 Å². The van der Waals surface area contributed by atoms with Gasteiger partial charge in [-0.15, -0.1) is 0 Å². The van der Waals surface area contributed by atoms with Gasteiger partial charge in [-0.3, -0.25) is 24.5 Å². The van der Waals surface area contributed by atoms with Crippen LogP contribution in [0.2, 0.25) is 5.02 Å². The van der Waals surface area contributed by atoms with E-state index in [4.69, 9.17) is 16.3 Å². The Morgan fingerprint density at radius 2 is 1.81 bits per heavy atom. The number of ketones is 1. The minimum absolute atomic E-state index is 0.0299. The first-order valence-electron chi connectivity index (χ1n) is 7.80. The molecule has 2 aromatic rings. The van der Waals surface area contributed by atoms with Gasteiger partial charge < -0.3 is 10.1 Å². The largest absolute Gasteiger partial charge is 0.453 e. The third-order valence-electron chi connectivity index (χ3n) is 3.52. The fourth-order valence-electron chi connectivity index (χ4n) is 2.16. The van der Waals surface area contributed by atoms with Gasteiger partial charge >= 0.3 is 5.97 Å². The molecule has 0 fully saturated rings. The molecule has 1 N–H and O–H groups in total. The number of nitrogens with one attached hydrogen (secondary N) is 1. The summed E-state index contributed by atoms with van der Waals surface area (Å²) < 4.78 is 5.00. The van der Waals surface area contributed by atoms with E-state index in [0.717, 1.165) is 6.07 Å². The first-order valence-corrected chi connectivity index (χ1v) is 8.17. The predicted octanol–water partition coefficient (Wildman–Crippen LogP) is 2.79. The number of amides is 1. The quantitative estimate of drug-likeness (QED) is 0.336. The Morgan fingerprint density at radius 3 is 2.44 bits per heavy atom. The first-order chi connectivity index (χ1) is 12.8. The summed E-state index contributed by atoms with van der Waals surface area (Å²) in [6.45, 7) is 0.928. The van der Waals surface area contributed by atoms with Gasteiger partial charge in [0.05, 0.1) is 4.92 Å². The van der Waals surface area contributed by atoms with Crippen LogP contribution >= 0.6 is 11.6 Å². The van der Waals surface area contributed by atoms with Crippen molar-refractivity contribution in [1.82, 2.24) is 5.32 Å². The fourth-order valence-corrected chi connectivity index (χ4v) is 2.28. The normalized spacial score (nSPS) is 11.3. The van der Waals surface area contributed by atoms with Crippen LogP contribution in [-0.4, -0.2) is 35.2 Å². The summed E-state index contributed by atoms with van der Waals surface area (Å²) in [5, 5.41) is 13.5. The third-order valence-corrected chi connectivity index (χ3v) is 3.77. The number of halogens is 1. The van der Waals surface area contributed by atoms with E-state index in [9.17, 15) is 24.5 Å². The third kappa shape index (κ3) is 5.61. The summed E-state index contributed by atoms with van der Waals surface area (Å²) in [6, 6.07) is 11.2. The number of ether oxygens (including phenoxy) is 1. The van der Waals surface area contributed by atoms with Gasteiger partial charge in [-0.1, -0.05) is 17.7 Å². The summed E-state index contributed by atoms with van der Waals surface area (Å²) in [4.78, 5) is 46.1. The maximum atomic E-state index is 12.2.